The molecule has 0 atom stereocenters. The summed E-state index contributed by atoms with van der Waals surface area (Å²) in [6.45, 7) is 6.59. The second-order valence-corrected chi connectivity index (χ2v) is 6.14. The Morgan fingerprint density at radius 3 is 2.64 bits per heavy atom. The van der Waals surface area contributed by atoms with Crippen LogP contribution in [0.15, 0.2) is 36.9 Å². The van der Waals surface area contributed by atoms with Crippen LogP contribution in [0.25, 0.3) is 0 Å². The first-order chi connectivity index (χ1) is 10.6. The van der Waals surface area contributed by atoms with Crippen molar-refractivity contribution in [2.45, 2.75) is 18.9 Å². The Hall–Kier alpha value is -1.52. The van der Waals surface area contributed by atoms with Crippen LogP contribution >= 0.6 is 11.6 Å². The number of anilines is 1. The van der Waals surface area contributed by atoms with E-state index in [0.29, 0.717) is 19.1 Å². The van der Waals surface area contributed by atoms with Crippen LogP contribution in [0.2, 0.25) is 5.02 Å². The fourth-order valence-electron chi connectivity index (χ4n) is 2.81. The van der Waals surface area contributed by atoms with Gasteiger partial charge >= 0.3 is 0 Å². The van der Waals surface area contributed by atoms with Gasteiger partial charge in [-0.15, -0.1) is 6.58 Å². The zero-order valence-corrected chi connectivity index (χ0v) is 13.9. The zero-order valence-electron chi connectivity index (χ0n) is 13.1. The van der Waals surface area contributed by atoms with E-state index in [1.165, 1.54) is 5.69 Å². The molecule has 0 aliphatic carbocycles. The van der Waals surface area contributed by atoms with Crippen molar-refractivity contribution in [1.29, 1.82) is 0 Å². The van der Waals surface area contributed by atoms with Gasteiger partial charge in [-0.25, -0.2) is 0 Å². The number of piperidine rings is 1. The van der Waals surface area contributed by atoms with Gasteiger partial charge in [-0.3, -0.25) is 9.69 Å². The van der Waals surface area contributed by atoms with Gasteiger partial charge in [0.15, 0.2) is 0 Å². The smallest absolute Gasteiger partial charge is 0.234 e. The SMILES string of the molecule is C=CCNC(=O)CN(C)C1CCN(c2ccc(Cl)cc2)CC1. The Morgan fingerprint density at radius 1 is 1.41 bits per heavy atom. The van der Waals surface area contributed by atoms with Crippen LogP contribution in [-0.2, 0) is 4.79 Å². The molecule has 0 saturated carbocycles. The van der Waals surface area contributed by atoms with E-state index in [9.17, 15) is 4.79 Å². The maximum absolute atomic E-state index is 11.7. The first kappa shape index (κ1) is 16.8. The normalized spacial score (nSPS) is 15.9. The minimum atomic E-state index is 0.0579. The van der Waals surface area contributed by atoms with Gasteiger partial charge in [-0.1, -0.05) is 17.7 Å². The van der Waals surface area contributed by atoms with Crippen molar-refractivity contribution in [2.75, 3.05) is 38.1 Å². The van der Waals surface area contributed by atoms with E-state index < -0.39 is 0 Å². The standard InChI is InChI=1S/C17H24ClN3O/c1-3-10-19-17(22)13-20(2)15-8-11-21(12-9-15)16-6-4-14(18)5-7-16/h3-7,15H,1,8-13H2,2H3,(H,19,22). The van der Waals surface area contributed by atoms with Crippen LogP contribution in [0, 0.1) is 0 Å². The van der Waals surface area contributed by atoms with Gasteiger partial charge < -0.3 is 10.2 Å². The summed E-state index contributed by atoms with van der Waals surface area (Å²) >= 11 is 5.93. The molecule has 0 radical (unpaired) electrons. The Labute approximate surface area is 137 Å². The molecule has 1 N–H and O–H groups in total. The second-order valence-electron chi connectivity index (χ2n) is 5.70. The number of carbonyl (C=O) groups excluding carboxylic acids is 1. The number of benzene rings is 1. The number of hydrogen-bond acceptors (Lipinski definition) is 3. The number of nitrogens with zero attached hydrogens (tertiary/aromatic N) is 2. The maximum Gasteiger partial charge on any atom is 0.234 e. The van der Waals surface area contributed by atoms with Crippen molar-refractivity contribution < 1.29 is 4.79 Å². The Kier molecular flexibility index (Phi) is 6.28. The van der Waals surface area contributed by atoms with Crippen LogP contribution in [-0.4, -0.2) is 50.1 Å². The minimum Gasteiger partial charge on any atom is -0.371 e. The van der Waals surface area contributed by atoms with E-state index >= 15 is 0 Å². The highest BCUT2D eigenvalue weighted by molar-refractivity contribution is 6.30. The summed E-state index contributed by atoms with van der Waals surface area (Å²) in [5.74, 6) is 0.0579. The topological polar surface area (TPSA) is 35.6 Å². The number of carbonyl (C=O) groups is 1. The van der Waals surface area contributed by atoms with E-state index in [0.717, 1.165) is 31.0 Å². The van der Waals surface area contributed by atoms with E-state index in [1.807, 2.05) is 19.2 Å². The molecule has 0 aromatic heterocycles. The van der Waals surface area contributed by atoms with Gasteiger partial charge in [0.25, 0.3) is 0 Å². The average molecular weight is 322 g/mol. The minimum absolute atomic E-state index is 0.0579. The molecule has 22 heavy (non-hydrogen) atoms. The molecule has 1 aromatic carbocycles. The van der Waals surface area contributed by atoms with Crippen LogP contribution < -0.4 is 10.2 Å². The lowest BCUT2D eigenvalue weighted by Crippen LogP contribution is -2.46. The molecule has 1 heterocycles. The molecule has 1 saturated heterocycles. The molecule has 1 amide bonds. The third kappa shape index (κ3) is 4.75. The van der Waals surface area contributed by atoms with Crippen molar-refractivity contribution in [3.8, 4) is 0 Å². The molecule has 1 aliphatic rings. The van der Waals surface area contributed by atoms with Crippen molar-refractivity contribution >= 4 is 23.2 Å². The highest BCUT2D eigenvalue weighted by atomic mass is 35.5. The fourth-order valence-corrected chi connectivity index (χ4v) is 2.94. The van der Waals surface area contributed by atoms with Crippen LogP contribution in [0.5, 0.6) is 0 Å². The first-order valence-corrected chi connectivity index (χ1v) is 8.06. The summed E-state index contributed by atoms with van der Waals surface area (Å²) < 4.78 is 0. The average Bonchev–Trinajstić information content (AvgIpc) is 2.54. The molecular weight excluding hydrogens is 298 g/mol. The van der Waals surface area contributed by atoms with Gasteiger partial charge in [0, 0.05) is 36.4 Å². The maximum atomic E-state index is 11.7. The number of amides is 1. The van der Waals surface area contributed by atoms with E-state index in [4.69, 9.17) is 11.6 Å². The number of hydrogen-bond donors (Lipinski definition) is 1. The van der Waals surface area contributed by atoms with Crippen LogP contribution in [0.4, 0.5) is 5.69 Å². The van der Waals surface area contributed by atoms with Crippen molar-refractivity contribution in [2.24, 2.45) is 0 Å². The molecule has 4 nitrogen and oxygen atoms in total. The molecular formula is C17H24ClN3O. The van der Waals surface area contributed by atoms with Crippen molar-refractivity contribution in [3.05, 3.63) is 41.9 Å². The summed E-state index contributed by atoms with van der Waals surface area (Å²) in [5, 5.41) is 3.59. The fraction of sp³-hybridized carbons (Fsp3) is 0.471. The summed E-state index contributed by atoms with van der Waals surface area (Å²) in [4.78, 5) is 16.3. The van der Waals surface area contributed by atoms with E-state index in [2.05, 4.69) is 33.8 Å². The van der Waals surface area contributed by atoms with Crippen LogP contribution in [0.1, 0.15) is 12.8 Å². The Morgan fingerprint density at radius 2 is 2.05 bits per heavy atom. The number of likely N-dealkylation sites (N-methyl/N-ethyl adjacent to an activating group) is 1. The summed E-state index contributed by atoms with van der Waals surface area (Å²) in [7, 11) is 2.02. The van der Waals surface area contributed by atoms with E-state index in [1.54, 1.807) is 6.08 Å². The summed E-state index contributed by atoms with van der Waals surface area (Å²) in [5.41, 5.74) is 1.22. The van der Waals surface area contributed by atoms with Gasteiger partial charge in [-0.2, -0.15) is 0 Å². The Balaban J connectivity index is 1.80. The van der Waals surface area contributed by atoms with Gasteiger partial charge in [0.05, 0.1) is 6.54 Å². The molecule has 120 valence electrons. The molecule has 1 fully saturated rings. The van der Waals surface area contributed by atoms with Crippen LogP contribution in [0.3, 0.4) is 0 Å². The number of halogens is 1. The lowest BCUT2D eigenvalue weighted by atomic mass is 10.0. The number of nitrogens with one attached hydrogen (secondary N) is 1. The van der Waals surface area contributed by atoms with Crippen molar-refractivity contribution in [1.82, 2.24) is 10.2 Å². The molecule has 0 unspecified atom stereocenters. The second kappa shape index (κ2) is 8.20. The number of rotatable bonds is 6. The third-order valence-electron chi connectivity index (χ3n) is 4.12. The Bertz CT molecular complexity index is 495. The molecule has 1 aliphatic heterocycles. The summed E-state index contributed by atoms with van der Waals surface area (Å²) in [6.07, 6.45) is 3.82. The monoisotopic (exact) mass is 321 g/mol. The van der Waals surface area contributed by atoms with Crippen molar-refractivity contribution in [3.63, 3.8) is 0 Å². The quantitative estimate of drug-likeness (QED) is 0.818. The molecule has 0 bridgehead atoms. The molecule has 5 heteroatoms. The zero-order chi connectivity index (χ0) is 15.9. The lowest BCUT2D eigenvalue weighted by molar-refractivity contribution is -0.122. The van der Waals surface area contributed by atoms with Gasteiger partial charge in [-0.05, 0) is 44.2 Å². The molecule has 2 rings (SSSR count). The molecule has 0 spiro atoms. The van der Waals surface area contributed by atoms with E-state index in [-0.39, 0.29) is 5.91 Å². The van der Waals surface area contributed by atoms with Gasteiger partial charge in [0.1, 0.15) is 0 Å². The summed E-state index contributed by atoms with van der Waals surface area (Å²) in [6, 6.07) is 8.44. The highest BCUT2D eigenvalue weighted by Gasteiger charge is 2.23. The first-order valence-electron chi connectivity index (χ1n) is 7.68. The third-order valence-corrected chi connectivity index (χ3v) is 4.37. The van der Waals surface area contributed by atoms with Gasteiger partial charge in [0.2, 0.25) is 5.91 Å². The predicted octanol–water partition coefficient (Wildman–Crippen LogP) is 2.54. The largest absolute Gasteiger partial charge is 0.371 e. The predicted molar refractivity (Wildman–Crippen MR) is 92.5 cm³/mol. The lowest BCUT2D eigenvalue weighted by Gasteiger charge is -2.37. The highest BCUT2D eigenvalue weighted by Crippen LogP contribution is 2.23. The molecule has 1 aromatic rings.